The van der Waals surface area contributed by atoms with Crippen molar-refractivity contribution in [2.75, 3.05) is 23.8 Å². The fourth-order valence-electron chi connectivity index (χ4n) is 9.46. The quantitative estimate of drug-likeness (QED) is 0.238. The molecule has 1 aromatic carbocycles. The number of carboxylic acids is 1. The first-order chi connectivity index (χ1) is 22.9. The summed E-state index contributed by atoms with van der Waals surface area (Å²) in [7, 11) is 4.16. The summed E-state index contributed by atoms with van der Waals surface area (Å²) in [4.78, 5) is 27.4. The molecule has 5 atom stereocenters. The smallest absolute Gasteiger partial charge is 0.306 e. The number of rotatable bonds is 11. The molecule has 2 aromatic heterocycles. The van der Waals surface area contributed by atoms with E-state index in [1.165, 1.54) is 54.5 Å². The van der Waals surface area contributed by atoms with E-state index in [1.807, 2.05) is 17.9 Å². The zero-order valence-electron chi connectivity index (χ0n) is 28.5. The molecule has 3 aromatic rings. The number of aromatic nitrogens is 4. The molecule has 2 saturated heterocycles. The van der Waals surface area contributed by atoms with Gasteiger partial charge >= 0.3 is 5.97 Å². The number of anilines is 2. The molecule has 0 amide bonds. The van der Waals surface area contributed by atoms with Crippen molar-refractivity contribution in [2.24, 2.45) is 18.9 Å². The highest BCUT2D eigenvalue weighted by molar-refractivity contribution is 5.70. The Morgan fingerprint density at radius 1 is 1.02 bits per heavy atom. The van der Waals surface area contributed by atoms with Crippen LogP contribution in [0.25, 0.3) is 0 Å². The van der Waals surface area contributed by atoms with Crippen molar-refractivity contribution < 1.29 is 9.90 Å². The van der Waals surface area contributed by atoms with Crippen LogP contribution in [0.1, 0.15) is 112 Å². The van der Waals surface area contributed by atoms with Crippen molar-refractivity contribution >= 4 is 17.7 Å². The molecule has 47 heavy (non-hydrogen) atoms. The lowest BCUT2D eigenvalue weighted by atomic mass is 9.77. The standard InChI is InChI=1S/C38H53N7O2/c1-4-35(26-13-15-27(16-14-26)37(46)47)44(3)38-41-33-20-17-28(25-9-6-5-7-10-25)21-32(33)36(42-38)40-34(29-22-39-43(2)23-29)24-45-30-11-8-12-31(45)19-18-30/h5-7,9-10,22-23,26-28,30-31,34-35H,4,8,11-21,24H2,1-3H3,(H,46,47)(H,40,41,42)/t26?,27?,28-,30-,31?,34+,35-/m1/s1. The number of hydrogen-bond donors (Lipinski definition) is 2. The van der Waals surface area contributed by atoms with Gasteiger partial charge in [-0.1, -0.05) is 43.7 Å². The summed E-state index contributed by atoms with van der Waals surface area (Å²) in [5.41, 5.74) is 5.02. The van der Waals surface area contributed by atoms with Crippen molar-refractivity contribution in [3.63, 3.8) is 0 Å². The van der Waals surface area contributed by atoms with Crippen LogP contribution in [0, 0.1) is 11.8 Å². The monoisotopic (exact) mass is 639 g/mol. The summed E-state index contributed by atoms with van der Waals surface area (Å²) in [6.45, 7) is 3.20. The van der Waals surface area contributed by atoms with Gasteiger partial charge in [0.25, 0.3) is 0 Å². The third-order valence-electron chi connectivity index (χ3n) is 12.1. The van der Waals surface area contributed by atoms with Gasteiger partial charge in [0.1, 0.15) is 5.82 Å². The van der Waals surface area contributed by atoms with Crippen LogP contribution in [-0.2, 0) is 24.7 Å². The second-order valence-corrected chi connectivity index (χ2v) is 14.8. The van der Waals surface area contributed by atoms with Gasteiger partial charge in [0.15, 0.2) is 0 Å². The lowest BCUT2D eigenvalue weighted by molar-refractivity contribution is -0.143. The van der Waals surface area contributed by atoms with Crippen LogP contribution in [0.15, 0.2) is 42.7 Å². The molecule has 2 N–H and O–H groups in total. The highest BCUT2D eigenvalue weighted by Crippen LogP contribution is 2.41. The Bertz CT molecular complexity index is 1500. The van der Waals surface area contributed by atoms with Gasteiger partial charge in [0.2, 0.25) is 5.95 Å². The van der Waals surface area contributed by atoms with E-state index in [4.69, 9.17) is 9.97 Å². The average molecular weight is 640 g/mol. The van der Waals surface area contributed by atoms with Gasteiger partial charge in [-0.15, -0.1) is 0 Å². The second kappa shape index (κ2) is 14.0. The fraction of sp³-hybridized carbons (Fsp3) is 0.632. The molecule has 0 spiro atoms. The summed E-state index contributed by atoms with van der Waals surface area (Å²) in [6, 6.07) is 12.6. The third kappa shape index (κ3) is 6.78. The molecule has 4 aliphatic rings. The molecule has 9 nitrogen and oxygen atoms in total. The molecule has 4 heterocycles. The van der Waals surface area contributed by atoms with Gasteiger partial charge < -0.3 is 15.3 Å². The number of aryl methyl sites for hydroxylation is 2. The van der Waals surface area contributed by atoms with E-state index in [0.717, 1.165) is 69.7 Å². The first kappa shape index (κ1) is 32.1. The Labute approximate surface area is 280 Å². The number of nitrogens with zero attached hydrogens (tertiary/aromatic N) is 6. The van der Waals surface area contributed by atoms with Gasteiger partial charge in [-0.2, -0.15) is 10.1 Å². The molecule has 2 bridgehead atoms. The molecule has 0 radical (unpaired) electrons. The second-order valence-electron chi connectivity index (χ2n) is 14.8. The topological polar surface area (TPSA) is 99.4 Å². The predicted molar refractivity (Wildman–Crippen MR) is 186 cm³/mol. The molecular weight excluding hydrogens is 586 g/mol. The first-order valence-electron chi connectivity index (χ1n) is 18.3. The van der Waals surface area contributed by atoms with Gasteiger partial charge in [-0.3, -0.25) is 14.4 Å². The normalized spacial score (nSPS) is 27.2. The number of hydrogen-bond acceptors (Lipinski definition) is 7. The molecule has 1 saturated carbocycles. The van der Waals surface area contributed by atoms with Crippen LogP contribution in [0.4, 0.5) is 11.8 Å². The number of nitrogens with one attached hydrogen (secondary N) is 1. The van der Waals surface area contributed by atoms with Crippen LogP contribution in [0.5, 0.6) is 0 Å². The third-order valence-corrected chi connectivity index (χ3v) is 12.1. The SMILES string of the molecule is CC[C@H](C1CCC(C(=O)O)CC1)N(C)c1nc2c(c(N[C@@H](CN3C4CCC[C@@H]3CC4)c3cnn(C)c3)n1)C[C@H](c1ccccc1)CC2. The summed E-state index contributed by atoms with van der Waals surface area (Å²) in [5, 5.41) is 18.2. The average Bonchev–Trinajstić information content (AvgIpc) is 3.61. The molecule has 2 aliphatic heterocycles. The Morgan fingerprint density at radius 2 is 1.77 bits per heavy atom. The number of aliphatic carboxylic acids is 1. The minimum absolute atomic E-state index is 0.0763. The fourth-order valence-corrected chi connectivity index (χ4v) is 9.46. The molecular formula is C38H53N7O2. The maximum absolute atomic E-state index is 11.7. The van der Waals surface area contributed by atoms with E-state index in [0.29, 0.717) is 23.9 Å². The number of carbonyl (C=O) groups is 1. The van der Waals surface area contributed by atoms with Crippen molar-refractivity contribution in [3.8, 4) is 0 Å². The van der Waals surface area contributed by atoms with E-state index < -0.39 is 5.97 Å². The molecule has 9 heteroatoms. The van der Waals surface area contributed by atoms with Crippen LogP contribution in [0.2, 0.25) is 0 Å². The molecule has 3 fully saturated rings. The number of fused-ring (bicyclic) bond motifs is 3. The highest BCUT2D eigenvalue weighted by atomic mass is 16.4. The van der Waals surface area contributed by atoms with E-state index in [9.17, 15) is 9.90 Å². The van der Waals surface area contributed by atoms with Crippen LogP contribution >= 0.6 is 0 Å². The van der Waals surface area contributed by atoms with E-state index in [1.54, 1.807) is 0 Å². The molecule has 2 aliphatic carbocycles. The minimum Gasteiger partial charge on any atom is -0.481 e. The van der Waals surface area contributed by atoms with E-state index in [-0.39, 0.29) is 18.0 Å². The Morgan fingerprint density at radius 3 is 2.43 bits per heavy atom. The largest absolute Gasteiger partial charge is 0.481 e. The lowest BCUT2D eigenvalue weighted by Crippen LogP contribution is -2.43. The maximum Gasteiger partial charge on any atom is 0.306 e. The van der Waals surface area contributed by atoms with Gasteiger partial charge in [-0.25, -0.2) is 4.98 Å². The molecule has 7 rings (SSSR count). The predicted octanol–water partition coefficient (Wildman–Crippen LogP) is 6.76. The van der Waals surface area contributed by atoms with Crippen molar-refractivity contribution in [1.29, 1.82) is 0 Å². The Balaban J connectivity index is 1.22. The maximum atomic E-state index is 11.7. The van der Waals surface area contributed by atoms with E-state index >= 15 is 0 Å². The van der Waals surface area contributed by atoms with Gasteiger partial charge in [0, 0.05) is 56.1 Å². The van der Waals surface area contributed by atoms with Crippen LogP contribution in [0.3, 0.4) is 0 Å². The van der Waals surface area contributed by atoms with Gasteiger partial charge in [-0.05, 0) is 94.4 Å². The summed E-state index contributed by atoms with van der Waals surface area (Å²) >= 11 is 0. The Kier molecular flexibility index (Phi) is 9.53. The summed E-state index contributed by atoms with van der Waals surface area (Å²) < 4.78 is 1.92. The molecule has 1 unspecified atom stereocenters. The lowest BCUT2D eigenvalue weighted by Gasteiger charge is -2.39. The number of piperidine rings is 1. The minimum atomic E-state index is -0.645. The van der Waals surface area contributed by atoms with Gasteiger partial charge in [0.05, 0.1) is 23.9 Å². The first-order valence-corrected chi connectivity index (χ1v) is 18.3. The number of carboxylic acid groups (broad SMARTS) is 1. The van der Waals surface area contributed by atoms with Crippen molar-refractivity contribution in [1.82, 2.24) is 24.6 Å². The van der Waals surface area contributed by atoms with Crippen molar-refractivity contribution in [2.45, 2.75) is 120 Å². The van der Waals surface area contributed by atoms with Crippen LogP contribution < -0.4 is 10.2 Å². The summed E-state index contributed by atoms with van der Waals surface area (Å²) in [6.07, 6.45) is 18.1. The van der Waals surface area contributed by atoms with Crippen LogP contribution in [-0.4, -0.2) is 67.4 Å². The zero-order chi connectivity index (χ0) is 32.5. The van der Waals surface area contributed by atoms with E-state index in [2.05, 4.69) is 70.7 Å². The summed E-state index contributed by atoms with van der Waals surface area (Å²) in [5.74, 6) is 1.80. The highest BCUT2D eigenvalue weighted by Gasteiger charge is 2.39. The molecule has 252 valence electrons. The van der Waals surface area contributed by atoms with Crippen molar-refractivity contribution in [3.05, 3.63) is 65.1 Å². The zero-order valence-corrected chi connectivity index (χ0v) is 28.5. The number of benzene rings is 1. The Hall–Kier alpha value is -3.46.